The van der Waals surface area contributed by atoms with E-state index in [4.69, 9.17) is 14.2 Å². The van der Waals surface area contributed by atoms with Gasteiger partial charge in [-0.3, -0.25) is 14.4 Å². The lowest BCUT2D eigenvalue weighted by Crippen LogP contribution is -2.30. The summed E-state index contributed by atoms with van der Waals surface area (Å²) in [7, 11) is 0. The van der Waals surface area contributed by atoms with Crippen molar-refractivity contribution in [1.82, 2.24) is 0 Å². The number of ether oxygens (including phenoxy) is 3. The molecule has 386 valence electrons. The predicted molar refractivity (Wildman–Crippen MR) is 293 cm³/mol. The summed E-state index contributed by atoms with van der Waals surface area (Å²) in [5.74, 6) is -1.05. The summed E-state index contributed by atoms with van der Waals surface area (Å²) in [6, 6.07) is 0. The fourth-order valence-electron chi connectivity index (χ4n) is 7.45. The van der Waals surface area contributed by atoms with Gasteiger partial charge in [0.1, 0.15) is 13.2 Å². The van der Waals surface area contributed by atoms with Gasteiger partial charge in [-0.1, -0.05) is 252 Å². The SMILES string of the molecule is CC/C=C\C/C=C\C/C=C\C/C=C\C/C=C\CC(=O)OC(COC(=O)CCCCCCCCCC)COC(=O)CCCCCCCCCCCCCCCC/C=C\C/C=C\C/C=C\C/C=C\CC. The zero-order valence-electron chi connectivity index (χ0n) is 44.1. The van der Waals surface area contributed by atoms with Gasteiger partial charge < -0.3 is 14.2 Å². The van der Waals surface area contributed by atoms with E-state index in [1.165, 1.54) is 109 Å². The molecule has 0 aromatic rings. The molecule has 0 aliphatic heterocycles. The molecule has 0 N–H and O–H groups in total. The molecule has 6 heteroatoms. The highest BCUT2D eigenvalue weighted by molar-refractivity contribution is 5.72. The highest BCUT2D eigenvalue weighted by atomic mass is 16.6. The largest absolute Gasteiger partial charge is 0.462 e. The van der Waals surface area contributed by atoms with Crippen LogP contribution in [-0.2, 0) is 28.6 Å². The third kappa shape index (κ3) is 53.0. The molecule has 0 amide bonds. The summed E-state index contributed by atoms with van der Waals surface area (Å²) in [5, 5.41) is 0. The molecule has 1 atom stereocenters. The maximum Gasteiger partial charge on any atom is 0.310 e. The van der Waals surface area contributed by atoms with Crippen LogP contribution in [0.2, 0.25) is 0 Å². The standard InChI is InChI=1S/C62H102O6/c1-4-7-10-13-16-19-21-23-25-26-27-28-29-30-31-32-33-34-35-36-38-39-41-43-46-49-52-55-61(64)67-58-59(57-66-60(63)54-51-48-45-18-15-12-9-6-3)68-62(65)56-53-50-47-44-42-40-37-24-22-20-17-14-11-8-5-2/h7-8,10-11,16-17,19-20,23-25,27-28,37,42,44,50,53,59H,4-6,9,12-15,18,21-22,26,29-36,38-41,43,45-49,51-52,54-58H2,1-3H3/b10-7-,11-8-,19-16-,20-17-,25-23-,28-27-,37-24-,44-42-,53-50-. The number of hydrogen-bond acceptors (Lipinski definition) is 6. The lowest BCUT2D eigenvalue weighted by molar-refractivity contribution is -0.166. The van der Waals surface area contributed by atoms with Gasteiger partial charge in [0.2, 0.25) is 0 Å². The molecular formula is C62H102O6. The molecule has 68 heavy (non-hydrogen) atoms. The molecule has 0 aliphatic rings. The number of carbonyl (C=O) groups excluding carboxylic acids is 3. The van der Waals surface area contributed by atoms with E-state index >= 15 is 0 Å². The quantitative estimate of drug-likeness (QED) is 0.0262. The predicted octanol–water partition coefficient (Wildman–Crippen LogP) is 18.7. The molecule has 0 radical (unpaired) electrons. The van der Waals surface area contributed by atoms with Gasteiger partial charge in [-0.2, -0.15) is 0 Å². The molecule has 0 heterocycles. The third-order valence-electron chi connectivity index (χ3n) is 11.6. The van der Waals surface area contributed by atoms with Gasteiger partial charge in [0.15, 0.2) is 6.10 Å². The van der Waals surface area contributed by atoms with Gasteiger partial charge >= 0.3 is 17.9 Å². The average molecular weight is 943 g/mol. The van der Waals surface area contributed by atoms with Gasteiger partial charge in [0.05, 0.1) is 6.42 Å². The van der Waals surface area contributed by atoms with Gasteiger partial charge in [0.25, 0.3) is 0 Å². The normalized spacial score (nSPS) is 12.9. The minimum Gasteiger partial charge on any atom is -0.462 e. The van der Waals surface area contributed by atoms with E-state index in [0.717, 1.165) is 96.3 Å². The Bertz CT molecular complexity index is 1410. The summed E-state index contributed by atoms with van der Waals surface area (Å²) in [6.45, 7) is 6.29. The third-order valence-corrected chi connectivity index (χ3v) is 11.6. The van der Waals surface area contributed by atoms with Crippen molar-refractivity contribution in [2.24, 2.45) is 0 Å². The zero-order valence-corrected chi connectivity index (χ0v) is 44.1. The second kappa shape index (κ2) is 55.7. The van der Waals surface area contributed by atoms with Crippen molar-refractivity contribution in [3.05, 3.63) is 109 Å². The van der Waals surface area contributed by atoms with Crippen LogP contribution >= 0.6 is 0 Å². The van der Waals surface area contributed by atoms with Crippen molar-refractivity contribution >= 4 is 17.9 Å². The molecule has 0 bridgehead atoms. The molecule has 0 aliphatic carbocycles. The first-order valence-electron chi connectivity index (χ1n) is 27.9. The summed E-state index contributed by atoms with van der Waals surface area (Å²) in [6.07, 6.45) is 75.6. The topological polar surface area (TPSA) is 78.9 Å². The smallest absolute Gasteiger partial charge is 0.310 e. The number of unbranched alkanes of at least 4 members (excludes halogenated alkanes) is 21. The Kier molecular flexibility index (Phi) is 52.4. The maximum absolute atomic E-state index is 12.7. The first-order chi connectivity index (χ1) is 33.5. The fourth-order valence-corrected chi connectivity index (χ4v) is 7.45. The molecular weight excluding hydrogens is 841 g/mol. The first kappa shape index (κ1) is 64.1. The van der Waals surface area contributed by atoms with Crippen molar-refractivity contribution in [2.75, 3.05) is 13.2 Å². The molecule has 0 fully saturated rings. The van der Waals surface area contributed by atoms with E-state index in [1.807, 2.05) is 6.08 Å². The number of allylic oxidation sites excluding steroid dienone is 17. The zero-order chi connectivity index (χ0) is 49.3. The highest BCUT2D eigenvalue weighted by Gasteiger charge is 2.19. The number of hydrogen-bond donors (Lipinski definition) is 0. The first-order valence-corrected chi connectivity index (χ1v) is 27.9. The van der Waals surface area contributed by atoms with Crippen LogP contribution in [0.1, 0.15) is 245 Å². The molecule has 0 spiro atoms. The number of carbonyl (C=O) groups is 3. The van der Waals surface area contributed by atoms with Crippen LogP contribution in [0.25, 0.3) is 0 Å². The van der Waals surface area contributed by atoms with Crippen LogP contribution in [0.5, 0.6) is 0 Å². The van der Waals surface area contributed by atoms with Gasteiger partial charge in [-0.15, -0.1) is 0 Å². The molecule has 0 saturated heterocycles. The van der Waals surface area contributed by atoms with E-state index in [-0.39, 0.29) is 31.6 Å². The van der Waals surface area contributed by atoms with Crippen LogP contribution in [0, 0.1) is 0 Å². The summed E-state index contributed by atoms with van der Waals surface area (Å²) >= 11 is 0. The van der Waals surface area contributed by atoms with Crippen molar-refractivity contribution in [3.8, 4) is 0 Å². The van der Waals surface area contributed by atoms with E-state index in [9.17, 15) is 14.4 Å². The van der Waals surface area contributed by atoms with Crippen molar-refractivity contribution in [1.29, 1.82) is 0 Å². The second-order valence-corrected chi connectivity index (χ2v) is 18.1. The number of rotatable bonds is 49. The van der Waals surface area contributed by atoms with Crippen LogP contribution in [0.4, 0.5) is 0 Å². The molecule has 0 aromatic heterocycles. The fraction of sp³-hybridized carbons (Fsp3) is 0.661. The average Bonchev–Trinajstić information content (AvgIpc) is 3.34. The van der Waals surface area contributed by atoms with Gasteiger partial charge in [-0.25, -0.2) is 0 Å². The minimum absolute atomic E-state index is 0.0960. The second-order valence-electron chi connectivity index (χ2n) is 18.1. The molecule has 1 unspecified atom stereocenters. The Morgan fingerprint density at radius 3 is 0.971 bits per heavy atom. The van der Waals surface area contributed by atoms with Crippen LogP contribution in [0.15, 0.2) is 109 Å². The number of esters is 3. The monoisotopic (exact) mass is 943 g/mol. The van der Waals surface area contributed by atoms with E-state index in [1.54, 1.807) is 6.08 Å². The Hall–Kier alpha value is -3.93. The lowest BCUT2D eigenvalue weighted by atomic mass is 10.0. The summed E-state index contributed by atoms with van der Waals surface area (Å²) < 4.78 is 16.7. The minimum atomic E-state index is -0.830. The molecule has 0 saturated carbocycles. The van der Waals surface area contributed by atoms with Crippen LogP contribution in [0.3, 0.4) is 0 Å². The van der Waals surface area contributed by atoms with Gasteiger partial charge in [-0.05, 0) is 83.5 Å². The van der Waals surface area contributed by atoms with Gasteiger partial charge in [0, 0.05) is 12.8 Å². The Balaban J connectivity index is 4.24. The Morgan fingerprint density at radius 2 is 0.618 bits per heavy atom. The van der Waals surface area contributed by atoms with Crippen molar-refractivity contribution < 1.29 is 28.6 Å². The van der Waals surface area contributed by atoms with Crippen LogP contribution < -0.4 is 0 Å². The van der Waals surface area contributed by atoms with Crippen molar-refractivity contribution in [2.45, 2.75) is 252 Å². The maximum atomic E-state index is 12.7. The van der Waals surface area contributed by atoms with E-state index < -0.39 is 12.1 Å². The lowest BCUT2D eigenvalue weighted by Gasteiger charge is -2.18. The molecule has 6 nitrogen and oxygen atoms in total. The van der Waals surface area contributed by atoms with E-state index in [2.05, 4.69) is 118 Å². The van der Waals surface area contributed by atoms with Crippen molar-refractivity contribution in [3.63, 3.8) is 0 Å². The van der Waals surface area contributed by atoms with E-state index in [0.29, 0.717) is 12.8 Å². The van der Waals surface area contributed by atoms with Crippen LogP contribution in [-0.4, -0.2) is 37.2 Å². The summed E-state index contributed by atoms with van der Waals surface area (Å²) in [5.41, 5.74) is 0. The molecule has 0 rings (SSSR count). The highest BCUT2D eigenvalue weighted by Crippen LogP contribution is 2.15. The summed E-state index contributed by atoms with van der Waals surface area (Å²) in [4.78, 5) is 37.9. The Labute approximate surface area is 419 Å². The molecule has 0 aromatic carbocycles. The Morgan fingerprint density at radius 1 is 0.324 bits per heavy atom.